The van der Waals surface area contributed by atoms with Gasteiger partial charge in [-0.25, -0.2) is 0 Å². The van der Waals surface area contributed by atoms with Gasteiger partial charge in [0.2, 0.25) is 5.91 Å². The number of benzene rings is 2. The van der Waals surface area contributed by atoms with Crippen molar-refractivity contribution < 1.29 is 4.79 Å². The molecule has 2 aromatic carbocycles. The lowest BCUT2D eigenvalue weighted by molar-refractivity contribution is -0.122. The molecule has 1 amide bonds. The van der Waals surface area contributed by atoms with Crippen molar-refractivity contribution in [3.63, 3.8) is 0 Å². The molecule has 0 heterocycles. The Kier molecular flexibility index (Phi) is 6.42. The topological polar surface area (TPSA) is 58.4 Å². The second kappa shape index (κ2) is 8.97. The van der Waals surface area contributed by atoms with Crippen molar-refractivity contribution in [2.75, 3.05) is 32.7 Å². The van der Waals surface area contributed by atoms with Gasteiger partial charge in [-0.2, -0.15) is 0 Å². The molecule has 138 valence electrons. The Morgan fingerprint density at radius 2 is 1.65 bits per heavy atom. The summed E-state index contributed by atoms with van der Waals surface area (Å²) in [5, 5.41) is 3.15. The highest BCUT2D eigenvalue weighted by molar-refractivity contribution is 5.78. The Balaban J connectivity index is 1.47. The van der Waals surface area contributed by atoms with Crippen molar-refractivity contribution in [2.24, 2.45) is 5.73 Å². The SMILES string of the molecule is NCCN(CCc1ccccc1)CC(=O)NCC1(c2ccccc2)CC1. The fourth-order valence-corrected chi connectivity index (χ4v) is 3.42. The normalized spacial score (nSPS) is 15.0. The first-order valence-electron chi connectivity index (χ1n) is 9.50. The van der Waals surface area contributed by atoms with Crippen molar-refractivity contribution in [1.82, 2.24) is 10.2 Å². The van der Waals surface area contributed by atoms with Crippen LogP contribution in [0.1, 0.15) is 24.0 Å². The lowest BCUT2D eigenvalue weighted by Gasteiger charge is -2.22. The first-order chi connectivity index (χ1) is 12.7. The zero-order valence-corrected chi connectivity index (χ0v) is 15.4. The highest BCUT2D eigenvalue weighted by Crippen LogP contribution is 2.47. The van der Waals surface area contributed by atoms with Crippen LogP contribution in [-0.4, -0.2) is 43.5 Å². The third-order valence-corrected chi connectivity index (χ3v) is 5.24. The number of amides is 1. The number of nitrogens with two attached hydrogens (primary N) is 1. The van der Waals surface area contributed by atoms with E-state index in [0.29, 0.717) is 13.1 Å². The third-order valence-electron chi connectivity index (χ3n) is 5.24. The smallest absolute Gasteiger partial charge is 0.234 e. The molecule has 0 aliphatic heterocycles. The molecule has 4 heteroatoms. The molecule has 3 rings (SSSR count). The van der Waals surface area contributed by atoms with E-state index in [2.05, 4.69) is 46.6 Å². The van der Waals surface area contributed by atoms with Gasteiger partial charge in [0.25, 0.3) is 0 Å². The van der Waals surface area contributed by atoms with Gasteiger partial charge in [0.15, 0.2) is 0 Å². The molecule has 26 heavy (non-hydrogen) atoms. The van der Waals surface area contributed by atoms with Gasteiger partial charge in [0, 0.05) is 31.6 Å². The molecule has 1 aliphatic carbocycles. The van der Waals surface area contributed by atoms with Gasteiger partial charge < -0.3 is 11.1 Å². The molecule has 1 aliphatic rings. The van der Waals surface area contributed by atoms with Crippen LogP contribution in [0.15, 0.2) is 60.7 Å². The zero-order chi connectivity index (χ0) is 18.2. The Morgan fingerprint density at radius 1 is 1.00 bits per heavy atom. The number of rotatable bonds is 10. The molecule has 0 saturated heterocycles. The number of hydrogen-bond donors (Lipinski definition) is 2. The molecule has 0 aromatic heterocycles. The van der Waals surface area contributed by atoms with Crippen molar-refractivity contribution in [2.45, 2.75) is 24.7 Å². The van der Waals surface area contributed by atoms with Crippen molar-refractivity contribution in [3.8, 4) is 0 Å². The molecule has 0 radical (unpaired) electrons. The quantitative estimate of drug-likeness (QED) is 0.691. The second-order valence-corrected chi connectivity index (χ2v) is 7.22. The maximum atomic E-state index is 12.5. The van der Waals surface area contributed by atoms with Crippen LogP contribution in [0.4, 0.5) is 0 Å². The van der Waals surface area contributed by atoms with E-state index in [1.165, 1.54) is 11.1 Å². The van der Waals surface area contributed by atoms with Crippen LogP contribution in [0.3, 0.4) is 0 Å². The molecular weight excluding hydrogens is 322 g/mol. The van der Waals surface area contributed by atoms with E-state index in [4.69, 9.17) is 5.73 Å². The number of nitrogens with zero attached hydrogens (tertiary/aromatic N) is 1. The summed E-state index contributed by atoms with van der Waals surface area (Å²) < 4.78 is 0. The van der Waals surface area contributed by atoms with Crippen molar-refractivity contribution >= 4 is 5.91 Å². The van der Waals surface area contributed by atoms with Gasteiger partial charge in [0.1, 0.15) is 0 Å². The summed E-state index contributed by atoms with van der Waals surface area (Å²) in [6.07, 6.45) is 3.23. The standard InChI is InChI=1S/C22H29N3O/c23-14-16-25(15-11-19-7-3-1-4-8-19)17-21(26)24-18-22(12-13-22)20-9-5-2-6-10-20/h1-10H,11-18,23H2,(H,24,26). The molecular formula is C22H29N3O. The van der Waals surface area contributed by atoms with Gasteiger partial charge in [-0.3, -0.25) is 9.69 Å². The highest BCUT2D eigenvalue weighted by Gasteiger charge is 2.44. The molecule has 3 N–H and O–H groups in total. The Hall–Kier alpha value is -2.17. The summed E-state index contributed by atoms with van der Waals surface area (Å²) in [6, 6.07) is 20.9. The molecule has 0 bridgehead atoms. The van der Waals surface area contributed by atoms with E-state index in [1.807, 2.05) is 24.3 Å². The van der Waals surface area contributed by atoms with Crippen LogP contribution < -0.4 is 11.1 Å². The molecule has 2 aromatic rings. The van der Waals surface area contributed by atoms with Gasteiger partial charge in [-0.05, 0) is 30.4 Å². The van der Waals surface area contributed by atoms with E-state index >= 15 is 0 Å². The maximum Gasteiger partial charge on any atom is 0.234 e. The van der Waals surface area contributed by atoms with Crippen LogP contribution in [0.2, 0.25) is 0 Å². The summed E-state index contributed by atoms with van der Waals surface area (Å²) in [5.74, 6) is 0.0914. The van der Waals surface area contributed by atoms with E-state index in [-0.39, 0.29) is 11.3 Å². The summed E-state index contributed by atoms with van der Waals surface area (Å²) >= 11 is 0. The minimum atomic E-state index is 0.0914. The van der Waals surface area contributed by atoms with Crippen LogP contribution in [0.25, 0.3) is 0 Å². The van der Waals surface area contributed by atoms with E-state index in [9.17, 15) is 4.79 Å². The summed E-state index contributed by atoms with van der Waals surface area (Å²) in [5.41, 5.74) is 8.51. The van der Waals surface area contributed by atoms with Crippen LogP contribution >= 0.6 is 0 Å². The fourth-order valence-electron chi connectivity index (χ4n) is 3.42. The second-order valence-electron chi connectivity index (χ2n) is 7.22. The van der Waals surface area contributed by atoms with Gasteiger partial charge in [-0.1, -0.05) is 60.7 Å². The molecule has 1 saturated carbocycles. The van der Waals surface area contributed by atoms with Crippen LogP contribution in [0.5, 0.6) is 0 Å². The Morgan fingerprint density at radius 3 is 2.27 bits per heavy atom. The molecule has 0 spiro atoms. The van der Waals surface area contributed by atoms with E-state index in [0.717, 1.165) is 38.9 Å². The Labute approximate surface area is 156 Å². The van der Waals surface area contributed by atoms with Crippen molar-refractivity contribution in [3.05, 3.63) is 71.8 Å². The average Bonchev–Trinajstić information content (AvgIpc) is 3.48. The lowest BCUT2D eigenvalue weighted by atomic mass is 9.96. The average molecular weight is 351 g/mol. The number of carbonyl (C=O) groups is 1. The van der Waals surface area contributed by atoms with E-state index < -0.39 is 0 Å². The predicted octanol–water partition coefficient (Wildman–Crippen LogP) is 2.34. The summed E-state index contributed by atoms with van der Waals surface area (Å²) in [4.78, 5) is 14.6. The monoisotopic (exact) mass is 351 g/mol. The van der Waals surface area contributed by atoms with Gasteiger partial charge >= 0.3 is 0 Å². The molecule has 1 fully saturated rings. The van der Waals surface area contributed by atoms with E-state index in [1.54, 1.807) is 0 Å². The summed E-state index contributed by atoms with van der Waals surface area (Å²) in [6.45, 7) is 3.29. The minimum absolute atomic E-state index is 0.0914. The third kappa shape index (κ3) is 5.16. The number of carbonyl (C=O) groups excluding carboxylic acids is 1. The van der Waals surface area contributed by atoms with Crippen molar-refractivity contribution in [1.29, 1.82) is 0 Å². The fraction of sp³-hybridized carbons (Fsp3) is 0.409. The maximum absolute atomic E-state index is 12.5. The lowest BCUT2D eigenvalue weighted by Crippen LogP contribution is -2.42. The number of nitrogens with one attached hydrogen (secondary N) is 1. The molecule has 0 atom stereocenters. The van der Waals surface area contributed by atoms with Gasteiger partial charge in [0.05, 0.1) is 6.54 Å². The Bertz CT molecular complexity index is 683. The predicted molar refractivity (Wildman–Crippen MR) is 106 cm³/mol. The minimum Gasteiger partial charge on any atom is -0.354 e. The first kappa shape index (κ1) is 18.6. The largest absolute Gasteiger partial charge is 0.354 e. The highest BCUT2D eigenvalue weighted by atomic mass is 16.2. The number of hydrogen-bond acceptors (Lipinski definition) is 3. The van der Waals surface area contributed by atoms with Crippen LogP contribution in [0, 0.1) is 0 Å². The molecule has 0 unspecified atom stereocenters. The first-order valence-corrected chi connectivity index (χ1v) is 9.50. The van der Waals surface area contributed by atoms with Gasteiger partial charge in [-0.15, -0.1) is 0 Å². The zero-order valence-electron chi connectivity index (χ0n) is 15.4. The molecule has 4 nitrogen and oxygen atoms in total. The van der Waals surface area contributed by atoms with Crippen LogP contribution in [-0.2, 0) is 16.6 Å². The summed E-state index contributed by atoms with van der Waals surface area (Å²) in [7, 11) is 0.